The minimum Gasteiger partial charge on any atom is -0.316 e. The standard InChI is InChI=1S/C9H16NOP/c11-12-9-3-1-2-7-4-5-10-6-8(7)9/h7-10H,1-6H2/p+1. The molecular formula is C9H17NOP+. The molecule has 0 aromatic carbocycles. The minimum atomic E-state index is -0.0730. The molecule has 1 aliphatic heterocycles. The smallest absolute Gasteiger partial charge is 0.316 e. The fourth-order valence-electron chi connectivity index (χ4n) is 2.73. The lowest BCUT2D eigenvalue weighted by Crippen LogP contribution is -2.43. The van der Waals surface area contributed by atoms with Crippen LogP contribution in [0.1, 0.15) is 25.7 Å². The molecule has 1 N–H and O–H groups in total. The van der Waals surface area contributed by atoms with E-state index >= 15 is 0 Å². The molecule has 2 nitrogen and oxygen atoms in total. The third-order valence-corrected chi connectivity index (χ3v) is 4.46. The molecule has 0 aromatic heterocycles. The Morgan fingerprint density at radius 1 is 1.25 bits per heavy atom. The van der Waals surface area contributed by atoms with Crippen molar-refractivity contribution in [1.82, 2.24) is 5.32 Å². The predicted octanol–water partition coefficient (Wildman–Crippen LogP) is 1.79. The van der Waals surface area contributed by atoms with E-state index in [4.69, 9.17) is 0 Å². The highest BCUT2D eigenvalue weighted by atomic mass is 31.1. The highest BCUT2D eigenvalue weighted by molar-refractivity contribution is 7.24. The Labute approximate surface area is 75.3 Å². The number of piperidine rings is 1. The van der Waals surface area contributed by atoms with Crippen molar-refractivity contribution in [3.8, 4) is 0 Å². The zero-order valence-electron chi connectivity index (χ0n) is 7.38. The molecule has 12 heavy (non-hydrogen) atoms. The van der Waals surface area contributed by atoms with Crippen molar-refractivity contribution < 1.29 is 4.57 Å². The largest absolute Gasteiger partial charge is 0.328 e. The molecule has 2 aliphatic rings. The second-order valence-corrected chi connectivity index (χ2v) is 5.05. The molecule has 0 aromatic rings. The second kappa shape index (κ2) is 3.85. The van der Waals surface area contributed by atoms with E-state index in [0.29, 0.717) is 5.66 Å². The zero-order chi connectivity index (χ0) is 8.39. The summed E-state index contributed by atoms with van der Waals surface area (Å²) in [5.41, 5.74) is 0.511. The quantitative estimate of drug-likeness (QED) is 0.632. The summed E-state index contributed by atoms with van der Waals surface area (Å²) >= 11 is 0. The van der Waals surface area contributed by atoms with Gasteiger partial charge in [-0.15, -0.1) is 0 Å². The van der Waals surface area contributed by atoms with E-state index in [0.717, 1.165) is 18.4 Å². The van der Waals surface area contributed by atoms with Crippen LogP contribution in [0.25, 0.3) is 0 Å². The highest BCUT2D eigenvalue weighted by Crippen LogP contribution is 2.39. The van der Waals surface area contributed by atoms with Crippen molar-refractivity contribution >= 4 is 8.46 Å². The molecule has 0 spiro atoms. The molecule has 2 rings (SSSR count). The van der Waals surface area contributed by atoms with E-state index in [1.54, 1.807) is 0 Å². The molecule has 4 unspecified atom stereocenters. The Kier molecular flexibility index (Phi) is 2.77. The average molecular weight is 186 g/mol. The minimum absolute atomic E-state index is 0.0730. The summed E-state index contributed by atoms with van der Waals surface area (Å²) in [5, 5.41) is 3.41. The molecule has 68 valence electrons. The van der Waals surface area contributed by atoms with E-state index in [1.807, 2.05) is 0 Å². The normalized spacial score (nSPS) is 42.5. The van der Waals surface area contributed by atoms with Crippen LogP contribution >= 0.6 is 8.46 Å². The molecule has 3 heteroatoms. The van der Waals surface area contributed by atoms with Crippen molar-refractivity contribution in [3.05, 3.63) is 0 Å². The van der Waals surface area contributed by atoms with Crippen molar-refractivity contribution in [2.24, 2.45) is 11.8 Å². The van der Waals surface area contributed by atoms with Crippen LogP contribution < -0.4 is 5.32 Å². The van der Waals surface area contributed by atoms with E-state index < -0.39 is 0 Å². The molecular weight excluding hydrogens is 169 g/mol. The van der Waals surface area contributed by atoms with Gasteiger partial charge < -0.3 is 5.32 Å². The monoisotopic (exact) mass is 186 g/mol. The molecule has 1 heterocycles. The van der Waals surface area contributed by atoms with Crippen LogP contribution in [0, 0.1) is 11.8 Å². The second-order valence-electron chi connectivity index (χ2n) is 4.07. The van der Waals surface area contributed by atoms with Gasteiger partial charge in [-0.1, -0.05) is 4.57 Å². The first-order valence-electron chi connectivity index (χ1n) is 5.00. The molecule has 0 amide bonds. The summed E-state index contributed by atoms with van der Waals surface area (Å²) in [6, 6.07) is 0. The van der Waals surface area contributed by atoms with Crippen molar-refractivity contribution in [2.75, 3.05) is 13.1 Å². The van der Waals surface area contributed by atoms with Crippen molar-refractivity contribution in [3.63, 3.8) is 0 Å². The fourth-order valence-corrected chi connectivity index (χ4v) is 3.61. The van der Waals surface area contributed by atoms with E-state index in [-0.39, 0.29) is 8.46 Å². The van der Waals surface area contributed by atoms with Gasteiger partial charge in [0.2, 0.25) is 0 Å². The topological polar surface area (TPSA) is 29.1 Å². The molecule has 4 atom stereocenters. The third-order valence-electron chi connectivity index (χ3n) is 3.44. The summed E-state index contributed by atoms with van der Waals surface area (Å²) < 4.78 is 10.9. The summed E-state index contributed by atoms with van der Waals surface area (Å²) in [5.74, 6) is 1.61. The SMILES string of the molecule is O=[PH+]C1CCCC2CCNCC21. The molecule has 1 aliphatic carbocycles. The van der Waals surface area contributed by atoms with Crippen LogP contribution in [-0.2, 0) is 4.57 Å². The van der Waals surface area contributed by atoms with Gasteiger partial charge in [0.15, 0.2) is 5.66 Å². The lowest BCUT2D eigenvalue weighted by molar-refractivity contribution is 0.190. The van der Waals surface area contributed by atoms with Gasteiger partial charge >= 0.3 is 8.46 Å². The number of hydrogen-bond acceptors (Lipinski definition) is 2. The Morgan fingerprint density at radius 3 is 3.00 bits per heavy atom. The first-order valence-corrected chi connectivity index (χ1v) is 5.99. The van der Waals surface area contributed by atoms with Gasteiger partial charge in [0.05, 0.1) is 0 Å². The van der Waals surface area contributed by atoms with Gasteiger partial charge in [0.1, 0.15) is 0 Å². The van der Waals surface area contributed by atoms with Gasteiger partial charge in [0.25, 0.3) is 0 Å². The molecule has 0 radical (unpaired) electrons. The molecule has 2 fully saturated rings. The van der Waals surface area contributed by atoms with E-state index in [2.05, 4.69) is 5.32 Å². The zero-order valence-corrected chi connectivity index (χ0v) is 8.38. The Bertz CT molecular complexity index is 172. The van der Waals surface area contributed by atoms with Gasteiger partial charge in [-0.3, -0.25) is 0 Å². The molecule has 0 bridgehead atoms. The van der Waals surface area contributed by atoms with Crippen LogP contribution in [0.3, 0.4) is 0 Å². The Balaban J connectivity index is 2.03. The number of nitrogens with one attached hydrogen (secondary N) is 1. The summed E-state index contributed by atoms with van der Waals surface area (Å²) in [7, 11) is -0.0730. The van der Waals surface area contributed by atoms with E-state index in [9.17, 15) is 4.57 Å². The maximum Gasteiger partial charge on any atom is 0.328 e. The van der Waals surface area contributed by atoms with E-state index in [1.165, 1.54) is 32.2 Å². The number of hydrogen-bond donors (Lipinski definition) is 1. The fraction of sp³-hybridized carbons (Fsp3) is 1.00. The molecule has 1 saturated heterocycles. The Morgan fingerprint density at radius 2 is 2.17 bits per heavy atom. The van der Waals surface area contributed by atoms with Crippen LogP contribution in [0.5, 0.6) is 0 Å². The summed E-state index contributed by atoms with van der Waals surface area (Å²) in [4.78, 5) is 0. The lowest BCUT2D eigenvalue weighted by atomic mass is 9.75. The van der Waals surface area contributed by atoms with Crippen molar-refractivity contribution in [1.29, 1.82) is 0 Å². The van der Waals surface area contributed by atoms with Gasteiger partial charge in [-0.25, -0.2) is 0 Å². The summed E-state index contributed by atoms with van der Waals surface area (Å²) in [6.45, 7) is 2.29. The maximum absolute atomic E-state index is 10.9. The average Bonchev–Trinajstić information content (AvgIpc) is 2.17. The predicted molar refractivity (Wildman–Crippen MR) is 51.1 cm³/mol. The third kappa shape index (κ3) is 1.55. The maximum atomic E-state index is 10.9. The molecule has 1 saturated carbocycles. The number of fused-ring (bicyclic) bond motifs is 1. The number of rotatable bonds is 1. The van der Waals surface area contributed by atoms with Crippen LogP contribution in [0.15, 0.2) is 0 Å². The van der Waals surface area contributed by atoms with Crippen LogP contribution in [-0.4, -0.2) is 18.7 Å². The van der Waals surface area contributed by atoms with Gasteiger partial charge in [-0.05, 0) is 38.1 Å². The Hall–Kier alpha value is 0.0600. The lowest BCUT2D eigenvalue weighted by Gasteiger charge is -2.36. The van der Waals surface area contributed by atoms with Crippen LogP contribution in [0.2, 0.25) is 0 Å². The van der Waals surface area contributed by atoms with Gasteiger partial charge in [0, 0.05) is 12.5 Å². The summed E-state index contributed by atoms with van der Waals surface area (Å²) in [6.07, 6.45) is 5.20. The highest BCUT2D eigenvalue weighted by Gasteiger charge is 2.38. The van der Waals surface area contributed by atoms with Crippen LogP contribution in [0.4, 0.5) is 0 Å². The van der Waals surface area contributed by atoms with Gasteiger partial charge in [-0.2, -0.15) is 0 Å². The van der Waals surface area contributed by atoms with Crippen molar-refractivity contribution in [2.45, 2.75) is 31.3 Å². The first kappa shape index (κ1) is 8.65. The first-order chi connectivity index (χ1) is 5.92.